The number of hydrogen-bond acceptors (Lipinski definition) is 2. The van der Waals surface area contributed by atoms with Crippen LogP contribution in [-0.4, -0.2) is 22.8 Å². The lowest BCUT2D eigenvalue weighted by molar-refractivity contribution is -0.138. The Hall–Kier alpha value is -0.570. The van der Waals surface area contributed by atoms with Gasteiger partial charge >= 0.3 is 5.97 Å². The zero-order valence-electron chi connectivity index (χ0n) is 6.37. The van der Waals surface area contributed by atoms with Crippen molar-refractivity contribution >= 4 is 5.97 Å². The highest BCUT2D eigenvalue weighted by Crippen LogP contribution is 2.13. The molecule has 60 valence electrons. The van der Waals surface area contributed by atoms with E-state index < -0.39 is 5.97 Å². The summed E-state index contributed by atoms with van der Waals surface area (Å²) in [7, 11) is 0. The van der Waals surface area contributed by atoms with Crippen molar-refractivity contribution in [3.63, 3.8) is 0 Å². The molecule has 0 fully saturated rings. The van der Waals surface area contributed by atoms with E-state index in [1.807, 2.05) is 13.8 Å². The van der Waals surface area contributed by atoms with Gasteiger partial charge in [0.05, 0.1) is 0 Å². The summed E-state index contributed by atoms with van der Waals surface area (Å²) in [5.41, 5.74) is 0. The fraction of sp³-hybridized carbons (Fsp3) is 0.857. The summed E-state index contributed by atoms with van der Waals surface area (Å²) >= 11 is 0. The van der Waals surface area contributed by atoms with E-state index >= 15 is 0 Å². The lowest BCUT2D eigenvalue weighted by atomic mass is 9.94. The summed E-state index contributed by atoms with van der Waals surface area (Å²) < 4.78 is 0. The Morgan fingerprint density at radius 2 is 1.90 bits per heavy atom. The third-order valence-electron chi connectivity index (χ3n) is 1.76. The lowest BCUT2D eigenvalue weighted by Crippen LogP contribution is -2.15. The summed E-state index contributed by atoms with van der Waals surface area (Å²) in [5.74, 6) is -0.661. The van der Waals surface area contributed by atoms with Crippen LogP contribution in [0.25, 0.3) is 0 Å². The topological polar surface area (TPSA) is 57.5 Å². The quantitative estimate of drug-likeness (QED) is 0.614. The van der Waals surface area contributed by atoms with E-state index in [-0.39, 0.29) is 24.9 Å². The van der Waals surface area contributed by atoms with Crippen molar-refractivity contribution in [1.82, 2.24) is 0 Å². The number of carboxylic acid groups (broad SMARTS) is 1. The Morgan fingerprint density at radius 1 is 1.40 bits per heavy atom. The number of carbonyl (C=O) groups is 1. The predicted octanol–water partition coefficient (Wildman–Crippen LogP) is 0.726. The van der Waals surface area contributed by atoms with Crippen LogP contribution >= 0.6 is 0 Å². The second kappa shape index (κ2) is 4.28. The third kappa shape index (κ3) is 3.45. The van der Waals surface area contributed by atoms with Gasteiger partial charge in [-0.25, -0.2) is 0 Å². The lowest BCUT2D eigenvalue weighted by Gasteiger charge is -2.14. The van der Waals surface area contributed by atoms with E-state index in [1.165, 1.54) is 0 Å². The van der Waals surface area contributed by atoms with Gasteiger partial charge in [-0.3, -0.25) is 4.79 Å². The van der Waals surface area contributed by atoms with Crippen molar-refractivity contribution in [2.45, 2.75) is 20.3 Å². The maximum atomic E-state index is 10.1. The Balaban J connectivity index is 3.61. The highest BCUT2D eigenvalue weighted by atomic mass is 16.4. The molecule has 0 amide bonds. The molecule has 0 aromatic heterocycles. The summed E-state index contributed by atoms with van der Waals surface area (Å²) in [6.07, 6.45) is 0.141. The molecule has 0 aliphatic rings. The van der Waals surface area contributed by atoms with Crippen LogP contribution in [0.4, 0.5) is 0 Å². The Kier molecular flexibility index (Phi) is 4.03. The number of hydrogen-bond donors (Lipinski definition) is 2. The van der Waals surface area contributed by atoms with Gasteiger partial charge in [0.2, 0.25) is 0 Å². The minimum atomic E-state index is -0.798. The van der Waals surface area contributed by atoms with E-state index in [0.717, 1.165) is 0 Å². The fourth-order valence-corrected chi connectivity index (χ4v) is 0.657. The molecule has 0 saturated heterocycles. The Morgan fingerprint density at radius 3 is 2.20 bits per heavy atom. The predicted molar refractivity (Wildman–Crippen MR) is 37.7 cm³/mol. The minimum Gasteiger partial charge on any atom is -0.481 e. The average molecular weight is 146 g/mol. The molecule has 10 heavy (non-hydrogen) atoms. The van der Waals surface area contributed by atoms with Crippen molar-refractivity contribution < 1.29 is 15.0 Å². The highest BCUT2D eigenvalue weighted by Gasteiger charge is 2.13. The molecule has 0 aliphatic heterocycles. The number of aliphatic hydroxyl groups is 1. The molecule has 0 heterocycles. The first-order valence-electron chi connectivity index (χ1n) is 3.40. The first-order chi connectivity index (χ1) is 4.57. The largest absolute Gasteiger partial charge is 0.481 e. The van der Waals surface area contributed by atoms with Gasteiger partial charge in [-0.2, -0.15) is 0 Å². The van der Waals surface area contributed by atoms with Gasteiger partial charge in [0.1, 0.15) is 0 Å². The Bertz CT molecular complexity index is 111. The van der Waals surface area contributed by atoms with Crippen LogP contribution in [0.15, 0.2) is 0 Å². The molecule has 3 nitrogen and oxygen atoms in total. The molecular weight excluding hydrogens is 132 g/mol. The highest BCUT2D eigenvalue weighted by molar-refractivity contribution is 5.66. The van der Waals surface area contributed by atoms with Crippen LogP contribution < -0.4 is 0 Å². The second-order valence-electron chi connectivity index (χ2n) is 2.74. The SMILES string of the molecule is C[C@H](CC(=O)O)[C@@H](C)CO. The van der Waals surface area contributed by atoms with Crippen LogP contribution in [0.2, 0.25) is 0 Å². The van der Waals surface area contributed by atoms with Crippen LogP contribution in [-0.2, 0) is 4.79 Å². The van der Waals surface area contributed by atoms with Crippen molar-refractivity contribution in [2.75, 3.05) is 6.61 Å². The molecule has 2 atom stereocenters. The van der Waals surface area contributed by atoms with E-state index in [1.54, 1.807) is 0 Å². The van der Waals surface area contributed by atoms with Crippen LogP contribution in [0.5, 0.6) is 0 Å². The van der Waals surface area contributed by atoms with Crippen LogP contribution in [0.3, 0.4) is 0 Å². The van der Waals surface area contributed by atoms with Crippen LogP contribution in [0.1, 0.15) is 20.3 Å². The summed E-state index contributed by atoms with van der Waals surface area (Å²) in [4.78, 5) is 10.1. The molecule has 0 rings (SSSR count). The molecule has 0 radical (unpaired) electrons. The molecule has 3 heteroatoms. The monoisotopic (exact) mass is 146 g/mol. The van der Waals surface area contributed by atoms with Gasteiger partial charge in [0.25, 0.3) is 0 Å². The number of rotatable bonds is 4. The molecule has 0 bridgehead atoms. The summed E-state index contributed by atoms with van der Waals surface area (Å²) in [6, 6.07) is 0. The van der Waals surface area contributed by atoms with Crippen molar-refractivity contribution in [1.29, 1.82) is 0 Å². The average Bonchev–Trinajstić information content (AvgIpc) is 1.85. The Labute approximate surface area is 60.7 Å². The first-order valence-corrected chi connectivity index (χ1v) is 3.40. The molecule has 0 unspecified atom stereocenters. The smallest absolute Gasteiger partial charge is 0.303 e. The number of aliphatic hydroxyl groups excluding tert-OH is 1. The zero-order chi connectivity index (χ0) is 8.15. The molecule has 0 aliphatic carbocycles. The van der Waals surface area contributed by atoms with Gasteiger partial charge in [0.15, 0.2) is 0 Å². The van der Waals surface area contributed by atoms with Crippen molar-refractivity contribution in [3.8, 4) is 0 Å². The maximum Gasteiger partial charge on any atom is 0.303 e. The van der Waals surface area contributed by atoms with Crippen LogP contribution in [0, 0.1) is 11.8 Å². The van der Waals surface area contributed by atoms with E-state index in [0.29, 0.717) is 0 Å². The molecule has 0 spiro atoms. The first kappa shape index (κ1) is 9.43. The number of aliphatic carboxylic acids is 1. The van der Waals surface area contributed by atoms with Crippen molar-refractivity contribution in [2.24, 2.45) is 11.8 Å². The zero-order valence-corrected chi connectivity index (χ0v) is 6.37. The van der Waals surface area contributed by atoms with E-state index in [2.05, 4.69) is 0 Å². The second-order valence-corrected chi connectivity index (χ2v) is 2.74. The van der Waals surface area contributed by atoms with Gasteiger partial charge in [-0.15, -0.1) is 0 Å². The standard InChI is InChI=1S/C7H14O3/c1-5(3-7(9)10)6(2)4-8/h5-6,8H,3-4H2,1-2H3,(H,9,10)/t5-,6+/m1/s1. The summed E-state index contributed by atoms with van der Waals surface area (Å²) in [5, 5.41) is 17.0. The van der Waals surface area contributed by atoms with Crippen molar-refractivity contribution in [3.05, 3.63) is 0 Å². The molecular formula is C7H14O3. The fourth-order valence-electron chi connectivity index (χ4n) is 0.657. The van der Waals surface area contributed by atoms with E-state index in [9.17, 15) is 4.79 Å². The van der Waals surface area contributed by atoms with Gasteiger partial charge in [-0.1, -0.05) is 13.8 Å². The molecule has 0 saturated carbocycles. The normalized spacial score (nSPS) is 16.3. The van der Waals surface area contributed by atoms with Gasteiger partial charge in [0, 0.05) is 13.0 Å². The number of carboxylic acids is 1. The van der Waals surface area contributed by atoms with E-state index in [4.69, 9.17) is 10.2 Å². The summed E-state index contributed by atoms with van der Waals surface area (Å²) in [6.45, 7) is 3.73. The molecule has 0 aromatic rings. The minimum absolute atomic E-state index is 0.0579. The maximum absolute atomic E-state index is 10.1. The third-order valence-corrected chi connectivity index (χ3v) is 1.76. The van der Waals surface area contributed by atoms with Gasteiger partial charge < -0.3 is 10.2 Å². The molecule has 0 aromatic carbocycles. The van der Waals surface area contributed by atoms with Gasteiger partial charge in [-0.05, 0) is 11.8 Å². The molecule has 2 N–H and O–H groups in total.